The number of nitrogens with one attached hydrogen (secondary N) is 1. The Morgan fingerprint density at radius 3 is 2.90 bits per heavy atom. The summed E-state index contributed by atoms with van der Waals surface area (Å²) in [6.45, 7) is 7.50. The van der Waals surface area contributed by atoms with E-state index >= 15 is 0 Å². The normalized spacial score (nSPS) is 17.0. The molecule has 20 heavy (non-hydrogen) atoms. The topological polar surface area (TPSA) is 45.5 Å². The molecule has 0 atom stereocenters. The molecule has 108 valence electrons. The molecule has 2 aromatic heterocycles. The molecular formula is C15H23N5. The van der Waals surface area contributed by atoms with E-state index in [0.717, 1.165) is 36.7 Å². The molecule has 0 aliphatic carbocycles. The van der Waals surface area contributed by atoms with E-state index in [9.17, 15) is 0 Å². The first-order valence-corrected chi connectivity index (χ1v) is 7.57. The van der Waals surface area contributed by atoms with E-state index in [4.69, 9.17) is 0 Å². The standard InChI is InChI=1S/C15H23N5/c1-3-6-16-13-4-8-19(9-5-13)15-14-11-12(2)18-20(14)10-7-17-15/h7,10-11,13,16H,3-6,8-9H2,1-2H3. The molecule has 1 N–H and O–H groups in total. The van der Waals surface area contributed by atoms with E-state index in [1.165, 1.54) is 19.3 Å². The maximum absolute atomic E-state index is 4.58. The highest BCUT2D eigenvalue weighted by Gasteiger charge is 2.21. The van der Waals surface area contributed by atoms with Crippen molar-refractivity contribution in [2.45, 2.75) is 39.2 Å². The van der Waals surface area contributed by atoms with Gasteiger partial charge in [0, 0.05) is 31.5 Å². The van der Waals surface area contributed by atoms with E-state index in [1.54, 1.807) is 0 Å². The fourth-order valence-corrected chi connectivity index (χ4v) is 2.92. The Morgan fingerprint density at radius 1 is 1.35 bits per heavy atom. The van der Waals surface area contributed by atoms with Gasteiger partial charge in [0.2, 0.25) is 0 Å². The zero-order chi connectivity index (χ0) is 13.9. The Labute approximate surface area is 120 Å². The van der Waals surface area contributed by atoms with Gasteiger partial charge in [-0.1, -0.05) is 6.92 Å². The van der Waals surface area contributed by atoms with Crippen molar-refractivity contribution < 1.29 is 0 Å². The minimum atomic E-state index is 0.664. The Kier molecular flexibility index (Phi) is 3.87. The van der Waals surface area contributed by atoms with Crippen LogP contribution in [0.15, 0.2) is 18.5 Å². The molecule has 0 radical (unpaired) electrons. The lowest BCUT2D eigenvalue weighted by Crippen LogP contribution is -2.43. The number of hydrogen-bond donors (Lipinski definition) is 1. The van der Waals surface area contributed by atoms with Crippen LogP contribution in [0.25, 0.3) is 5.52 Å². The Morgan fingerprint density at radius 2 is 2.15 bits per heavy atom. The monoisotopic (exact) mass is 273 g/mol. The van der Waals surface area contributed by atoms with E-state index in [-0.39, 0.29) is 0 Å². The van der Waals surface area contributed by atoms with Gasteiger partial charge in [0.1, 0.15) is 5.52 Å². The third kappa shape index (κ3) is 2.63. The first-order valence-electron chi connectivity index (χ1n) is 7.57. The van der Waals surface area contributed by atoms with Gasteiger partial charge in [-0.3, -0.25) is 0 Å². The lowest BCUT2D eigenvalue weighted by atomic mass is 10.0. The minimum absolute atomic E-state index is 0.664. The second kappa shape index (κ2) is 5.79. The van der Waals surface area contributed by atoms with Crippen molar-refractivity contribution in [3.8, 4) is 0 Å². The Hall–Kier alpha value is -1.62. The molecule has 3 heterocycles. The maximum Gasteiger partial charge on any atom is 0.154 e. The molecule has 5 nitrogen and oxygen atoms in total. The highest BCUT2D eigenvalue weighted by atomic mass is 15.3. The van der Waals surface area contributed by atoms with Gasteiger partial charge in [-0.2, -0.15) is 5.10 Å². The van der Waals surface area contributed by atoms with Gasteiger partial charge in [-0.05, 0) is 38.8 Å². The van der Waals surface area contributed by atoms with Crippen molar-refractivity contribution in [2.24, 2.45) is 0 Å². The van der Waals surface area contributed by atoms with Crippen molar-refractivity contribution >= 4 is 11.3 Å². The fourth-order valence-electron chi connectivity index (χ4n) is 2.92. The molecule has 5 heteroatoms. The summed E-state index contributed by atoms with van der Waals surface area (Å²) in [6, 6.07) is 2.78. The number of fused-ring (bicyclic) bond motifs is 1. The summed E-state index contributed by atoms with van der Waals surface area (Å²) < 4.78 is 1.93. The third-order valence-corrected chi connectivity index (χ3v) is 3.97. The average molecular weight is 273 g/mol. The number of hydrogen-bond acceptors (Lipinski definition) is 4. The zero-order valence-corrected chi connectivity index (χ0v) is 12.3. The summed E-state index contributed by atoms with van der Waals surface area (Å²) in [4.78, 5) is 6.97. The molecule has 0 amide bonds. The summed E-state index contributed by atoms with van der Waals surface area (Å²) in [5.41, 5.74) is 2.16. The molecule has 0 saturated carbocycles. The highest BCUT2D eigenvalue weighted by molar-refractivity contribution is 5.69. The molecule has 3 rings (SSSR count). The van der Waals surface area contributed by atoms with Crippen LogP contribution in [0.4, 0.5) is 5.82 Å². The molecule has 1 aliphatic rings. The lowest BCUT2D eigenvalue weighted by Gasteiger charge is -2.33. The molecule has 1 fully saturated rings. The van der Waals surface area contributed by atoms with Crippen molar-refractivity contribution in [2.75, 3.05) is 24.5 Å². The van der Waals surface area contributed by atoms with Crippen LogP contribution in [0.5, 0.6) is 0 Å². The van der Waals surface area contributed by atoms with Crippen LogP contribution in [-0.4, -0.2) is 40.3 Å². The second-order valence-electron chi connectivity index (χ2n) is 5.58. The van der Waals surface area contributed by atoms with Crippen molar-refractivity contribution in [1.82, 2.24) is 19.9 Å². The number of aryl methyl sites for hydroxylation is 1. The van der Waals surface area contributed by atoms with Gasteiger partial charge in [0.25, 0.3) is 0 Å². The Balaban J connectivity index is 1.73. The smallest absolute Gasteiger partial charge is 0.154 e. The first kappa shape index (κ1) is 13.4. The summed E-state index contributed by atoms with van der Waals surface area (Å²) in [6.07, 6.45) is 7.35. The van der Waals surface area contributed by atoms with Gasteiger partial charge in [-0.25, -0.2) is 9.50 Å². The van der Waals surface area contributed by atoms with Crippen molar-refractivity contribution in [3.05, 3.63) is 24.2 Å². The van der Waals surface area contributed by atoms with Gasteiger partial charge < -0.3 is 10.2 Å². The number of rotatable bonds is 4. The van der Waals surface area contributed by atoms with Gasteiger partial charge >= 0.3 is 0 Å². The summed E-state index contributed by atoms with van der Waals surface area (Å²) in [7, 11) is 0. The van der Waals surface area contributed by atoms with Crippen LogP contribution in [0.1, 0.15) is 31.9 Å². The quantitative estimate of drug-likeness (QED) is 0.925. The second-order valence-corrected chi connectivity index (χ2v) is 5.58. The van der Waals surface area contributed by atoms with Gasteiger partial charge in [0.05, 0.1) is 5.69 Å². The number of anilines is 1. The molecular weight excluding hydrogens is 250 g/mol. The number of nitrogens with zero attached hydrogens (tertiary/aromatic N) is 4. The molecule has 0 spiro atoms. The van der Waals surface area contributed by atoms with Gasteiger partial charge in [-0.15, -0.1) is 0 Å². The molecule has 1 saturated heterocycles. The predicted molar refractivity (Wildman–Crippen MR) is 81.3 cm³/mol. The molecule has 2 aromatic rings. The maximum atomic E-state index is 4.58. The Bertz CT molecular complexity index is 569. The molecule has 1 aliphatic heterocycles. The highest BCUT2D eigenvalue weighted by Crippen LogP contribution is 2.23. The average Bonchev–Trinajstić information content (AvgIpc) is 2.85. The number of piperidine rings is 1. The van der Waals surface area contributed by atoms with E-state index in [0.29, 0.717) is 6.04 Å². The van der Waals surface area contributed by atoms with Crippen molar-refractivity contribution in [3.63, 3.8) is 0 Å². The van der Waals surface area contributed by atoms with Gasteiger partial charge in [0.15, 0.2) is 5.82 Å². The number of aromatic nitrogens is 3. The summed E-state index contributed by atoms with van der Waals surface area (Å²) in [5.74, 6) is 1.07. The summed E-state index contributed by atoms with van der Waals surface area (Å²) >= 11 is 0. The lowest BCUT2D eigenvalue weighted by molar-refractivity contribution is 0.415. The SMILES string of the molecule is CCCNC1CCN(c2nccn3nc(C)cc23)CC1. The van der Waals surface area contributed by atoms with Crippen LogP contribution in [-0.2, 0) is 0 Å². The molecule has 0 aromatic carbocycles. The third-order valence-electron chi connectivity index (χ3n) is 3.97. The summed E-state index contributed by atoms with van der Waals surface area (Å²) in [5, 5.41) is 8.08. The molecule has 0 unspecified atom stereocenters. The van der Waals surface area contributed by atoms with Crippen LogP contribution in [0, 0.1) is 6.92 Å². The van der Waals surface area contributed by atoms with E-state index in [1.807, 2.05) is 23.8 Å². The molecule has 0 bridgehead atoms. The van der Waals surface area contributed by atoms with Crippen molar-refractivity contribution in [1.29, 1.82) is 0 Å². The van der Waals surface area contributed by atoms with E-state index < -0.39 is 0 Å². The predicted octanol–water partition coefficient (Wildman–Crippen LogP) is 2.01. The zero-order valence-electron chi connectivity index (χ0n) is 12.3. The first-order chi connectivity index (χ1) is 9.78. The largest absolute Gasteiger partial charge is 0.355 e. The fraction of sp³-hybridized carbons (Fsp3) is 0.600. The van der Waals surface area contributed by atoms with Crippen LogP contribution in [0.2, 0.25) is 0 Å². The van der Waals surface area contributed by atoms with Crippen LogP contribution < -0.4 is 10.2 Å². The van der Waals surface area contributed by atoms with E-state index in [2.05, 4.69) is 33.3 Å². The van der Waals surface area contributed by atoms with Crippen LogP contribution in [0.3, 0.4) is 0 Å². The van der Waals surface area contributed by atoms with Crippen LogP contribution >= 0.6 is 0 Å². The minimum Gasteiger partial charge on any atom is -0.355 e.